The largest absolute Gasteiger partial charge is 0.490 e. The van der Waals surface area contributed by atoms with E-state index in [1.807, 2.05) is 61.5 Å². The van der Waals surface area contributed by atoms with Crippen LogP contribution in [0, 0.1) is 6.92 Å². The van der Waals surface area contributed by atoms with Gasteiger partial charge in [0.05, 0.1) is 17.9 Å². The Bertz CT molecular complexity index is 1340. The van der Waals surface area contributed by atoms with Gasteiger partial charge in [-0.2, -0.15) is 0 Å². The van der Waals surface area contributed by atoms with Crippen molar-refractivity contribution in [2.45, 2.75) is 39.0 Å². The maximum absolute atomic E-state index is 6.24. The highest BCUT2D eigenvalue weighted by atomic mass is 32.1. The number of para-hydroxylation sites is 2. The second kappa shape index (κ2) is 11.8. The molecule has 0 atom stereocenters. The molecule has 0 saturated carbocycles. The van der Waals surface area contributed by atoms with E-state index in [0.29, 0.717) is 24.0 Å². The molecule has 2 bridgehead atoms. The van der Waals surface area contributed by atoms with Crippen LogP contribution >= 0.6 is 11.3 Å². The summed E-state index contributed by atoms with van der Waals surface area (Å²) in [5, 5.41) is 6.40. The van der Waals surface area contributed by atoms with E-state index in [-0.39, 0.29) is 0 Å². The Morgan fingerprint density at radius 1 is 0.889 bits per heavy atom. The number of pyridine rings is 2. The Hall–Kier alpha value is -3.78. The number of aryl methyl sites for hydroxylation is 2. The summed E-state index contributed by atoms with van der Waals surface area (Å²) in [5.41, 5.74) is 2.85. The zero-order valence-electron chi connectivity index (χ0n) is 20.3. The summed E-state index contributed by atoms with van der Waals surface area (Å²) in [6.07, 6.45) is 6.24. The van der Waals surface area contributed by atoms with Gasteiger partial charge in [-0.3, -0.25) is 4.99 Å². The number of nitrogens with zero attached hydrogens (tertiary/aromatic N) is 4. The van der Waals surface area contributed by atoms with Gasteiger partial charge in [0.1, 0.15) is 16.7 Å². The summed E-state index contributed by atoms with van der Waals surface area (Å²) < 4.78 is 12.3. The first-order chi connectivity index (χ1) is 17.7. The summed E-state index contributed by atoms with van der Waals surface area (Å²) in [5.74, 6) is 3.63. The molecule has 5 rings (SSSR count). The maximum Gasteiger partial charge on any atom is 0.229 e. The van der Waals surface area contributed by atoms with Crippen molar-refractivity contribution in [1.29, 1.82) is 0 Å². The van der Waals surface area contributed by atoms with Crippen molar-refractivity contribution < 1.29 is 9.47 Å². The molecule has 0 aliphatic carbocycles. The Morgan fingerprint density at radius 3 is 2.72 bits per heavy atom. The lowest BCUT2D eigenvalue weighted by molar-refractivity contribution is 0.291. The molecule has 0 spiro atoms. The fraction of sp³-hybridized carbons (Fsp3) is 0.286. The van der Waals surface area contributed by atoms with Gasteiger partial charge in [-0.1, -0.05) is 18.2 Å². The Labute approximate surface area is 215 Å². The average Bonchev–Trinajstić information content (AvgIpc) is 3.36. The van der Waals surface area contributed by atoms with Crippen LogP contribution in [0.2, 0.25) is 0 Å². The maximum atomic E-state index is 6.24. The van der Waals surface area contributed by atoms with E-state index >= 15 is 0 Å². The van der Waals surface area contributed by atoms with E-state index in [4.69, 9.17) is 19.5 Å². The third-order valence-electron chi connectivity index (χ3n) is 5.75. The highest BCUT2D eigenvalue weighted by Gasteiger charge is 2.15. The Balaban J connectivity index is 1.41. The first-order valence-corrected chi connectivity index (χ1v) is 13.2. The van der Waals surface area contributed by atoms with E-state index in [9.17, 15) is 0 Å². The molecule has 1 N–H and O–H groups in total. The minimum atomic E-state index is 0.519. The second-order valence-electron chi connectivity index (χ2n) is 8.58. The van der Waals surface area contributed by atoms with Crippen LogP contribution in [-0.2, 0) is 6.42 Å². The summed E-state index contributed by atoms with van der Waals surface area (Å²) in [7, 11) is 0. The number of anilines is 1. The zero-order valence-corrected chi connectivity index (χ0v) is 21.1. The lowest BCUT2D eigenvalue weighted by atomic mass is 10.2. The number of benzene rings is 1. The fourth-order valence-corrected chi connectivity index (χ4v) is 4.78. The van der Waals surface area contributed by atoms with Gasteiger partial charge in [-0.05, 0) is 69.0 Å². The molecule has 1 aliphatic rings. The predicted molar refractivity (Wildman–Crippen MR) is 144 cm³/mol. The molecule has 0 fully saturated rings. The van der Waals surface area contributed by atoms with E-state index in [1.165, 1.54) is 0 Å². The molecule has 1 aromatic carbocycles. The molecule has 1 aliphatic heterocycles. The molecule has 4 heterocycles. The molecule has 0 unspecified atom stereocenters. The van der Waals surface area contributed by atoms with Gasteiger partial charge in [0.2, 0.25) is 5.88 Å². The van der Waals surface area contributed by atoms with Gasteiger partial charge in [0.25, 0.3) is 0 Å². The van der Waals surface area contributed by atoms with Crippen molar-refractivity contribution in [3.8, 4) is 28.0 Å². The number of hydrogen-bond acceptors (Lipinski definition) is 8. The van der Waals surface area contributed by atoms with Crippen LogP contribution in [0.4, 0.5) is 5.82 Å². The van der Waals surface area contributed by atoms with Crippen LogP contribution < -0.4 is 14.8 Å². The van der Waals surface area contributed by atoms with Gasteiger partial charge in [-0.25, -0.2) is 15.0 Å². The van der Waals surface area contributed by atoms with E-state index in [0.717, 1.165) is 72.3 Å². The van der Waals surface area contributed by atoms with Crippen molar-refractivity contribution in [3.63, 3.8) is 0 Å². The van der Waals surface area contributed by atoms with Crippen molar-refractivity contribution in [2.24, 2.45) is 4.99 Å². The number of nitrogens with one attached hydrogen (secondary N) is 1. The molecule has 7 nitrogen and oxygen atoms in total. The average molecular weight is 500 g/mol. The lowest BCUT2D eigenvalue weighted by Crippen LogP contribution is -2.15. The van der Waals surface area contributed by atoms with Crippen molar-refractivity contribution in [3.05, 3.63) is 77.6 Å². The zero-order chi connectivity index (χ0) is 24.6. The molecule has 0 saturated heterocycles. The molecule has 0 amide bonds. The minimum absolute atomic E-state index is 0.519. The number of aliphatic imine (C=N–C) groups is 1. The van der Waals surface area contributed by atoms with E-state index in [1.54, 1.807) is 17.5 Å². The molecule has 3 aromatic heterocycles. The topological polar surface area (TPSA) is 81.5 Å². The number of rotatable bonds is 1. The smallest absolute Gasteiger partial charge is 0.229 e. The SMILES string of the molecule is Cc1cccc(NC2=NCCCCCOc3ccccc3Oc3ncccc3-c3nc(cs3)CC2)n1. The molecule has 184 valence electrons. The third-order valence-corrected chi connectivity index (χ3v) is 6.67. The van der Waals surface area contributed by atoms with Gasteiger partial charge in [0.15, 0.2) is 11.5 Å². The van der Waals surface area contributed by atoms with Crippen molar-refractivity contribution in [1.82, 2.24) is 15.0 Å². The fourth-order valence-electron chi connectivity index (χ4n) is 3.91. The van der Waals surface area contributed by atoms with Gasteiger partial charge >= 0.3 is 0 Å². The molecule has 8 heteroatoms. The minimum Gasteiger partial charge on any atom is -0.490 e. The standard InChI is InChI=1S/C28H29N5O2S/c1-20-9-7-13-26(31-20)33-25-15-14-21-19-36-28(32-21)22-10-8-17-30-27(22)35-24-12-4-3-11-23(24)34-18-6-2-5-16-29-25/h3-4,7-13,17,19H,2,5-6,14-16,18H2,1H3,(H,29,31,33). The van der Waals surface area contributed by atoms with Crippen LogP contribution in [0.5, 0.6) is 17.4 Å². The Kier molecular flexibility index (Phi) is 7.83. The van der Waals surface area contributed by atoms with Crippen molar-refractivity contribution in [2.75, 3.05) is 18.5 Å². The number of fused-ring (bicyclic) bond motifs is 5. The first kappa shape index (κ1) is 23.9. The first-order valence-electron chi connectivity index (χ1n) is 12.3. The number of aromatic nitrogens is 3. The van der Waals surface area contributed by atoms with Crippen LogP contribution in [0.25, 0.3) is 10.6 Å². The summed E-state index contributed by atoms with van der Waals surface area (Å²) >= 11 is 1.59. The molecular weight excluding hydrogens is 470 g/mol. The lowest BCUT2D eigenvalue weighted by Gasteiger charge is -2.13. The summed E-state index contributed by atoms with van der Waals surface area (Å²) in [6, 6.07) is 17.6. The third kappa shape index (κ3) is 6.26. The number of amidine groups is 1. The monoisotopic (exact) mass is 499 g/mol. The normalized spacial score (nSPS) is 14.6. The molecular formula is C28H29N5O2S. The van der Waals surface area contributed by atoms with E-state index < -0.39 is 0 Å². The molecule has 0 radical (unpaired) electrons. The van der Waals surface area contributed by atoms with Crippen LogP contribution in [0.1, 0.15) is 37.1 Å². The quantitative estimate of drug-likeness (QED) is 0.314. The Morgan fingerprint density at radius 2 is 1.81 bits per heavy atom. The number of hydrogen-bond donors (Lipinski definition) is 1. The number of thiazole rings is 1. The van der Waals surface area contributed by atoms with Crippen LogP contribution in [0.3, 0.4) is 0 Å². The van der Waals surface area contributed by atoms with Gasteiger partial charge in [-0.15, -0.1) is 11.3 Å². The highest BCUT2D eigenvalue weighted by molar-refractivity contribution is 7.13. The number of ether oxygens (including phenoxy) is 2. The summed E-state index contributed by atoms with van der Waals surface area (Å²) in [6.45, 7) is 3.37. The second-order valence-corrected chi connectivity index (χ2v) is 9.43. The van der Waals surface area contributed by atoms with Gasteiger partial charge in [0, 0.05) is 30.2 Å². The van der Waals surface area contributed by atoms with Crippen molar-refractivity contribution >= 4 is 23.0 Å². The van der Waals surface area contributed by atoms with Crippen LogP contribution in [-0.4, -0.2) is 33.9 Å². The summed E-state index contributed by atoms with van der Waals surface area (Å²) in [4.78, 5) is 18.9. The predicted octanol–water partition coefficient (Wildman–Crippen LogP) is 6.71. The van der Waals surface area contributed by atoms with Gasteiger partial charge < -0.3 is 14.8 Å². The van der Waals surface area contributed by atoms with E-state index in [2.05, 4.69) is 20.7 Å². The molecule has 4 aromatic rings. The highest BCUT2D eigenvalue weighted by Crippen LogP contribution is 2.37. The molecule has 36 heavy (non-hydrogen) atoms. The van der Waals surface area contributed by atoms with Crippen LogP contribution in [0.15, 0.2) is 71.2 Å².